The number of piperidine rings is 1. The molecule has 29 heavy (non-hydrogen) atoms. The van der Waals surface area contributed by atoms with Crippen LogP contribution in [-0.4, -0.2) is 56.7 Å². The summed E-state index contributed by atoms with van der Waals surface area (Å²) in [6.45, 7) is 1.14. The smallest absolute Gasteiger partial charge is 0.258 e. The molecular weight excluding hydrogens is 372 g/mol. The van der Waals surface area contributed by atoms with Gasteiger partial charge in [0.05, 0.1) is 14.2 Å². The molecule has 7 heteroatoms. The Morgan fingerprint density at radius 2 is 1.69 bits per heavy atom. The summed E-state index contributed by atoms with van der Waals surface area (Å²) in [4.78, 5) is 26.7. The van der Waals surface area contributed by atoms with E-state index in [2.05, 4.69) is 5.32 Å². The fourth-order valence-corrected chi connectivity index (χ4v) is 3.31. The first kappa shape index (κ1) is 20.5. The maximum atomic E-state index is 12.8. The lowest BCUT2D eigenvalue weighted by Crippen LogP contribution is -2.47. The largest absolute Gasteiger partial charge is 0.493 e. The molecule has 0 aliphatic carbocycles. The van der Waals surface area contributed by atoms with Gasteiger partial charge in [0.15, 0.2) is 18.1 Å². The van der Waals surface area contributed by atoms with Gasteiger partial charge in [-0.25, -0.2) is 0 Å². The molecule has 0 radical (unpaired) electrons. The van der Waals surface area contributed by atoms with Crippen molar-refractivity contribution in [3.8, 4) is 17.2 Å². The van der Waals surface area contributed by atoms with Gasteiger partial charge in [-0.15, -0.1) is 0 Å². The van der Waals surface area contributed by atoms with Crippen LogP contribution in [0.3, 0.4) is 0 Å². The normalized spacial score (nSPS) is 14.2. The Bertz CT molecular complexity index is 832. The Morgan fingerprint density at radius 3 is 2.34 bits per heavy atom. The van der Waals surface area contributed by atoms with E-state index in [0.717, 1.165) is 0 Å². The fraction of sp³-hybridized carbons (Fsp3) is 0.364. The molecule has 2 aromatic rings. The lowest BCUT2D eigenvalue weighted by molar-refractivity contribution is -0.124. The second kappa shape index (κ2) is 9.82. The van der Waals surface area contributed by atoms with Crippen LogP contribution in [0.1, 0.15) is 23.2 Å². The van der Waals surface area contributed by atoms with E-state index in [9.17, 15) is 9.59 Å². The van der Waals surface area contributed by atoms with E-state index in [4.69, 9.17) is 14.2 Å². The highest BCUT2D eigenvalue weighted by atomic mass is 16.5. The Balaban J connectivity index is 1.47. The molecule has 1 N–H and O–H groups in total. The van der Waals surface area contributed by atoms with Crippen molar-refractivity contribution in [3.05, 3.63) is 54.1 Å². The topological polar surface area (TPSA) is 77.1 Å². The number of ether oxygens (including phenoxy) is 3. The maximum Gasteiger partial charge on any atom is 0.258 e. The average molecular weight is 398 g/mol. The third kappa shape index (κ3) is 5.40. The average Bonchev–Trinajstić information content (AvgIpc) is 2.78. The van der Waals surface area contributed by atoms with Gasteiger partial charge >= 0.3 is 0 Å². The maximum absolute atomic E-state index is 12.8. The van der Waals surface area contributed by atoms with Gasteiger partial charge in [0, 0.05) is 24.7 Å². The van der Waals surface area contributed by atoms with Gasteiger partial charge in [-0.3, -0.25) is 9.59 Å². The molecule has 1 saturated heterocycles. The van der Waals surface area contributed by atoms with E-state index in [1.165, 1.54) is 0 Å². The van der Waals surface area contributed by atoms with E-state index < -0.39 is 0 Å². The van der Waals surface area contributed by atoms with Crippen LogP contribution in [0, 0.1) is 0 Å². The van der Waals surface area contributed by atoms with Crippen LogP contribution in [0.2, 0.25) is 0 Å². The number of nitrogens with zero attached hydrogens (tertiary/aromatic N) is 1. The molecule has 0 bridgehead atoms. The highest BCUT2D eigenvalue weighted by molar-refractivity contribution is 5.95. The van der Waals surface area contributed by atoms with Crippen LogP contribution >= 0.6 is 0 Å². The summed E-state index contributed by atoms with van der Waals surface area (Å²) in [6, 6.07) is 14.4. The summed E-state index contributed by atoms with van der Waals surface area (Å²) >= 11 is 0. The molecular formula is C22H26N2O5. The molecule has 0 aromatic heterocycles. The van der Waals surface area contributed by atoms with Crippen LogP contribution in [0.15, 0.2) is 48.5 Å². The number of carbonyl (C=O) groups is 2. The van der Waals surface area contributed by atoms with Gasteiger partial charge in [0.1, 0.15) is 5.75 Å². The minimum absolute atomic E-state index is 0.0190. The zero-order chi connectivity index (χ0) is 20.6. The Morgan fingerprint density at radius 1 is 1.00 bits per heavy atom. The summed E-state index contributed by atoms with van der Waals surface area (Å²) in [5, 5.41) is 2.98. The molecule has 1 heterocycles. The van der Waals surface area contributed by atoms with Gasteiger partial charge in [0.25, 0.3) is 11.8 Å². The van der Waals surface area contributed by atoms with Crippen LogP contribution in [0.5, 0.6) is 17.2 Å². The van der Waals surface area contributed by atoms with Gasteiger partial charge < -0.3 is 24.4 Å². The van der Waals surface area contributed by atoms with Gasteiger partial charge in [-0.2, -0.15) is 0 Å². The zero-order valence-corrected chi connectivity index (χ0v) is 16.7. The molecule has 0 saturated carbocycles. The molecule has 2 aromatic carbocycles. The van der Waals surface area contributed by atoms with Crippen molar-refractivity contribution in [1.82, 2.24) is 10.2 Å². The first-order valence-electron chi connectivity index (χ1n) is 9.59. The molecule has 3 rings (SSSR count). The molecule has 2 amide bonds. The van der Waals surface area contributed by atoms with E-state index >= 15 is 0 Å². The van der Waals surface area contributed by atoms with Crippen LogP contribution < -0.4 is 19.5 Å². The number of hydrogen-bond acceptors (Lipinski definition) is 5. The molecule has 0 atom stereocenters. The van der Waals surface area contributed by atoms with E-state index in [1.54, 1.807) is 37.3 Å². The number of amides is 2. The number of methoxy groups -OCH3 is 2. The first-order chi connectivity index (χ1) is 14.1. The SMILES string of the molecule is COc1ccc(C(=O)N2CCC(NC(=O)COc3ccccc3)CC2)cc1OC. The molecule has 0 unspecified atom stereocenters. The molecule has 1 aliphatic heterocycles. The van der Waals surface area contributed by atoms with E-state index in [1.807, 2.05) is 30.3 Å². The van der Waals surface area contributed by atoms with Gasteiger partial charge in [-0.1, -0.05) is 18.2 Å². The van der Waals surface area contributed by atoms with Crippen molar-refractivity contribution in [2.24, 2.45) is 0 Å². The Labute approximate surface area is 170 Å². The number of likely N-dealkylation sites (tertiary alicyclic amines) is 1. The van der Waals surface area contributed by atoms with E-state index in [-0.39, 0.29) is 24.5 Å². The van der Waals surface area contributed by atoms with Crippen molar-refractivity contribution in [3.63, 3.8) is 0 Å². The number of rotatable bonds is 7. The number of carbonyl (C=O) groups excluding carboxylic acids is 2. The standard InChI is InChI=1S/C22H26N2O5/c1-27-19-9-8-16(14-20(19)28-2)22(26)24-12-10-17(11-13-24)23-21(25)15-29-18-6-4-3-5-7-18/h3-9,14,17H,10-13,15H2,1-2H3,(H,23,25). The molecule has 1 fully saturated rings. The summed E-state index contributed by atoms with van der Waals surface area (Å²) in [5.41, 5.74) is 0.557. The number of benzene rings is 2. The summed E-state index contributed by atoms with van der Waals surface area (Å²) < 4.78 is 16.0. The van der Waals surface area contributed by atoms with Crippen molar-refractivity contribution in [2.75, 3.05) is 33.9 Å². The van der Waals surface area contributed by atoms with Gasteiger partial charge in [0.2, 0.25) is 0 Å². The van der Waals surface area contributed by atoms with Crippen LogP contribution in [-0.2, 0) is 4.79 Å². The Kier molecular flexibility index (Phi) is 6.94. The molecule has 7 nitrogen and oxygen atoms in total. The summed E-state index contributed by atoms with van der Waals surface area (Å²) in [7, 11) is 3.10. The lowest BCUT2D eigenvalue weighted by atomic mass is 10.0. The van der Waals surface area contributed by atoms with Crippen molar-refractivity contribution < 1.29 is 23.8 Å². The predicted molar refractivity (Wildman–Crippen MR) is 109 cm³/mol. The molecule has 154 valence electrons. The third-order valence-electron chi connectivity index (χ3n) is 4.89. The van der Waals surface area contributed by atoms with E-state index in [0.29, 0.717) is 48.7 Å². The second-order valence-electron chi connectivity index (χ2n) is 6.81. The third-order valence-corrected chi connectivity index (χ3v) is 4.89. The van der Waals surface area contributed by atoms with Crippen LogP contribution in [0.25, 0.3) is 0 Å². The number of nitrogens with one attached hydrogen (secondary N) is 1. The molecule has 1 aliphatic rings. The van der Waals surface area contributed by atoms with Crippen molar-refractivity contribution in [1.29, 1.82) is 0 Å². The highest BCUT2D eigenvalue weighted by Crippen LogP contribution is 2.28. The first-order valence-corrected chi connectivity index (χ1v) is 9.59. The van der Waals surface area contributed by atoms with Gasteiger partial charge in [-0.05, 0) is 43.2 Å². The number of para-hydroxylation sites is 1. The van der Waals surface area contributed by atoms with Crippen LogP contribution in [0.4, 0.5) is 0 Å². The Hall–Kier alpha value is -3.22. The molecule has 0 spiro atoms. The monoisotopic (exact) mass is 398 g/mol. The number of hydrogen-bond donors (Lipinski definition) is 1. The fourth-order valence-electron chi connectivity index (χ4n) is 3.31. The minimum Gasteiger partial charge on any atom is -0.493 e. The lowest BCUT2D eigenvalue weighted by Gasteiger charge is -2.32. The van der Waals surface area contributed by atoms with Crippen molar-refractivity contribution in [2.45, 2.75) is 18.9 Å². The predicted octanol–water partition coefficient (Wildman–Crippen LogP) is 2.50. The minimum atomic E-state index is -0.154. The zero-order valence-electron chi connectivity index (χ0n) is 16.7. The summed E-state index contributed by atoms with van der Waals surface area (Å²) in [5.74, 6) is 1.57. The summed E-state index contributed by atoms with van der Waals surface area (Å²) in [6.07, 6.45) is 1.41. The van der Waals surface area contributed by atoms with Crippen molar-refractivity contribution >= 4 is 11.8 Å². The second-order valence-corrected chi connectivity index (χ2v) is 6.81. The quantitative estimate of drug-likeness (QED) is 0.776. The highest BCUT2D eigenvalue weighted by Gasteiger charge is 2.25.